The van der Waals surface area contributed by atoms with Crippen LogP contribution in [0.5, 0.6) is 0 Å². The van der Waals surface area contributed by atoms with Gasteiger partial charge in [-0.3, -0.25) is 9.78 Å². The van der Waals surface area contributed by atoms with E-state index in [0.29, 0.717) is 0 Å². The van der Waals surface area contributed by atoms with Gasteiger partial charge in [-0.15, -0.1) is 0 Å². The van der Waals surface area contributed by atoms with Gasteiger partial charge < -0.3 is 10.4 Å². The highest BCUT2D eigenvalue weighted by atomic mass is 16.3. The Hall–Kier alpha value is -2.20. The van der Waals surface area contributed by atoms with Gasteiger partial charge in [0.1, 0.15) is 0 Å². The van der Waals surface area contributed by atoms with Crippen LogP contribution >= 0.6 is 0 Å². The lowest BCUT2D eigenvalue weighted by Gasteiger charge is -2.16. The minimum atomic E-state index is -0.382. The van der Waals surface area contributed by atoms with Crippen LogP contribution in [0.4, 0.5) is 0 Å². The number of aromatic nitrogens is 1. The number of carbonyl (C=O) groups is 1. The van der Waals surface area contributed by atoms with Gasteiger partial charge in [-0.1, -0.05) is 36.4 Å². The second-order valence-corrected chi connectivity index (χ2v) is 4.66. The molecule has 1 amide bonds. The fourth-order valence-corrected chi connectivity index (χ4v) is 2.02. The number of nitrogens with one attached hydrogen (secondary N) is 1. The van der Waals surface area contributed by atoms with Gasteiger partial charge in [-0.2, -0.15) is 0 Å². The molecule has 1 atom stereocenters. The van der Waals surface area contributed by atoms with Gasteiger partial charge in [-0.05, 0) is 24.1 Å². The molecular weight excluding hydrogens is 252 g/mol. The molecule has 0 saturated heterocycles. The number of nitrogens with zero attached hydrogens (tertiary/aromatic N) is 1. The van der Waals surface area contributed by atoms with E-state index in [-0.39, 0.29) is 25.0 Å². The highest BCUT2D eigenvalue weighted by molar-refractivity contribution is 5.78. The summed E-state index contributed by atoms with van der Waals surface area (Å²) < 4.78 is 0. The van der Waals surface area contributed by atoms with Crippen LogP contribution < -0.4 is 5.32 Å². The normalized spacial score (nSPS) is 11.9. The number of hydrogen-bond acceptors (Lipinski definition) is 3. The van der Waals surface area contributed by atoms with Gasteiger partial charge in [0.2, 0.25) is 5.91 Å². The zero-order valence-electron chi connectivity index (χ0n) is 11.4. The van der Waals surface area contributed by atoms with Crippen LogP contribution in [0.25, 0.3) is 0 Å². The Morgan fingerprint density at radius 1 is 1.25 bits per heavy atom. The quantitative estimate of drug-likeness (QED) is 0.870. The SMILES string of the molecule is Cc1cccnc1CC(=O)N[C@H](CO)c1ccccc1. The Kier molecular flexibility index (Phi) is 4.85. The topological polar surface area (TPSA) is 62.2 Å². The van der Waals surface area contributed by atoms with E-state index < -0.39 is 0 Å². The van der Waals surface area contributed by atoms with Crippen LogP contribution in [-0.4, -0.2) is 22.6 Å². The minimum Gasteiger partial charge on any atom is -0.394 e. The third-order valence-corrected chi connectivity index (χ3v) is 3.17. The summed E-state index contributed by atoms with van der Waals surface area (Å²) in [6.45, 7) is 1.80. The number of aliphatic hydroxyl groups excluding tert-OH is 1. The Morgan fingerprint density at radius 2 is 2.00 bits per heavy atom. The van der Waals surface area contributed by atoms with Gasteiger partial charge in [0, 0.05) is 6.20 Å². The van der Waals surface area contributed by atoms with E-state index in [1.807, 2.05) is 49.4 Å². The summed E-state index contributed by atoms with van der Waals surface area (Å²) in [5.41, 5.74) is 2.64. The molecule has 0 aliphatic rings. The summed E-state index contributed by atoms with van der Waals surface area (Å²) in [7, 11) is 0. The Balaban J connectivity index is 2.02. The van der Waals surface area contributed by atoms with E-state index in [9.17, 15) is 9.90 Å². The fraction of sp³-hybridized carbons (Fsp3) is 0.250. The van der Waals surface area contributed by atoms with Gasteiger partial charge in [0.25, 0.3) is 0 Å². The van der Waals surface area contributed by atoms with E-state index in [2.05, 4.69) is 10.3 Å². The molecule has 4 heteroatoms. The standard InChI is InChI=1S/C16H18N2O2/c1-12-6-5-9-17-14(12)10-16(20)18-15(11-19)13-7-3-2-4-8-13/h2-9,15,19H,10-11H2,1H3,(H,18,20)/t15-/m1/s1. The number of benzene rings is 1. The summed E-state index contributed by atoms with van der Waals surface area (Å²) in [5.74, 6) is -0.144. The summed E-state index contributed by atoms with van der Waals surface area (Å²) in [6.07, 6.45) is 1.90. The molecule has 0 fully saturated rings. The molecule has 2 aromatic rings. The second-order valence-electron chi connectivity index (χ2n) is 4.66. The van der Waals surface area contributed by atoms with Crippen molar-refractivity contribution in [1.82, 2.24) is 10.3 Å². The first-order valence-corrected chi connectivity index (χ1v) is 6.56. The van der Waals surface area contributed by atoms with Crippen LogP contribution in [0.1, 0.15) is 22.9 Å². The average molecular weight is 270 g/mol. The first-order chi connectivity index (χ1) is 9.70. The van der Waals surface area contributed by atoms with Crippen LogP contribution in [-0.2, 0) is 11.2 Å². The smallest absolute Gasteiger partial charge is 0.226 e. The summed E-state index contributed by atoms with van der Waals surface area (Å²) in [6, 6.07) is 12.8. The third kappa shape index (κ3) is 3.65. The highest BCUT2D eigenvalue weighted by Gasteiger charge is 2.14. The molecule has 0 unspecified atom stereocenters. The first kappa shape index (κ1) is 14.2. The van der Waals surface area contributed by atoms with Crippen LogP contribution in [0.3, 0.4) is 0 Å². The minimum absolute atomic E-state index is 0.128. The zero-order chi connectivity index (χ0) is 14.4. The van der Waals surface area contributed by atoms with Crippen molar-refractivity contribution < 1.29 is 9.90 Å². The van der Waals surface area contributed by atoms with Crippen molar-refractivity contribution in [1.29, 1.82) is 0 Å². The molecule has 0 aliphatic carbocycles. The lowest BCUT2D eigenvalue weighted by atomic mass is 10.1. The number of hydrogen-bond donors (Lipinski definition) is 2. The molecule has 1 heterocycles. The molecule has 0 aliphatic heterocycles. The number of carbonyl (C=O) groups excluding carboxylic acids is 1. The molecule has 2 rings (SSSR count). The largest absolute Gasteiger partial charge is 0.394 e. The van der Waals surface area contributed by atoms with Gasteiger partial charge in [-0.25, -0.2) is 0 Å². The molecule has 20 heavy (non-hydrogen) atoms. The second kappa shape index (κ2) is 6.82. The third-order valence-electron chi connectivity index (χ3n) is 3.17. The summed E-state index contributed by atoms with van der Waals surface area (Å²) in [5, 5.41) is 12.2. The zero-order valence-corrected chi connectivity index (χ0v) is 11.4. The number of aliphatic hydroxyl groups is 1. The fourth-order valence-electron chi connectivity index (χ4n) is 2.02. The highest BCUT2D eigenvalue weighted by Crippen LogP contribution is 2.12. The summed E-state index contributed by atoms with van der Waals surface area (Å²) in [4.78, 5) is 16.2. The predicted octanol–water partition coefficient (Wildman–Crippen LogP) is 1.78. The Bertz CT molecular complexity index is 570. The maximum atomic E-state index is 12.0. The van der Waals surface area contributed by atoms with Crippen molar-refractivity contribution in [2.45, 2.75) is 19.4 Å². The van der Waals surface area contributed by atoms with Crippen molar-refractivity contribution in [3.8, 4) is 0 Å². The number of aryl methyl sites for hydroxylation is 1. The number of amides is 1. The molecule has 4 nitrogen and oxygen atoms in total. The van der Waals surface area contributed by atoms with E-state index in [4.69, 9.17) is 0 Å². The first-order valence-electron chi connectivity index (χ1n) is 6.56. The van der Waals surface area contributed by atoms with E-state index >= 15 is 0 Å². The lowest BCUT2D eigenvalue weighted by Crippen LogP contribution is -2.32. The lowest BCUT2D eigenvalue weighted by molar-refractivity contribution is -0.121. The Labute approximate surface area is 118 Å². The summed E-state index contributed by atoms with van der Waals surface area (Å²) >= 11 is 0. The maximum absolute atomic E-state index is 12.0. The predicted molar refractivity (Wildman–Crippen MR) is 77.1 cm³/mol. The van der Waals surface area contributed by atoms with Gasteiger partial charge in [0.05, 0.1) is 24.8 Å². The number of pyridine rings is 1. The van der Waals surface area contributed by atoms with E-state index in [1.54, 1.807) is 6.20 Å². The Morgan fingerprint density at radius 3 is 2.65 bits per heavy atom. The maximum Gasteiger partial charge on any atom is 0.226 e. The number of rotatable bonds is 5. The van der Waals surface area contributed by atoms with E-state index in [1.165, 1.54) is 0 Å². The average Bonchev–Trinajstić information content (AvgIpc) is 2.48. The van der Waals surface area contributed by atoms with Crippen molar-refractivity contribution in [2.24, 2.45) is 0 Å². The molecule has 104 valence electrons. The van der Waals surface area contributed by atoms with Crippen LogP contribution in [0.2, 0.25) is 0 Å². The molecule has 0 radical (unpaired) electrons. The van der Waals surface area contributed by atoms with Crippen molar-refractivity contribution in [3.05, 3.63) is 65.5 Å². The molecular formula is C16H18N2O2. The molecule has 0 bridgehead atoms. The van der Waals surface area contributed by atoms with Crippen molar-refractivity contribution >= 4 is 5.91 Å². The van der Waals surface area contributed by atoms with Crippen LogP contribution in [0, 0.1) is 6.92 Å². The molecule has 1 aromatic carbocycles. The molecule has 1 aromatic heterocycles. The van der Waals surface area contributed by atoms with E-state index in [0.717, 1.165) is 16.8 Å². The van der Waals surface area contributed by atoms with Gasteiger partial charge in [0.15, 0.2) is 0 Å². The van der Waals surface area contributed by atoms with Crippen molar-refractivity contribution in [2.75, 3.05) is 6.61 Å². The van der Waals surface area contributed by atoms with Crippen LogP contribution in [0.15, 0.2) is 48.7 Å². The monoisotopic (exact) mass is 270 g/mol. The van der Waals surface area contributed by atoms with Crippen molar-refractivity contribution in [3.63, 3.8) is 0 Å². The van der Waals surface area contributed by atoms with Gasteiger partial charge >= 0.3 is 0 Å². The molecule has 0 saturated carbocycles. The molecule has 2 N–H and O–H groups in total. The molecule has 0 spiro atoms.